The molecule has 0 heterocycles. The fraction of sp³-hybridized carbons (Fsp3) is 0.533. The zero-order valence-electron chi connectivity index (χ0n) is 11.8. The SMILES string of the molecule is C[C@@H](N)C(=O)NCc1ccccc1OC1CCCC1.Cl. The van der Waals surface area contributed by atoms with Gasteiger partial charge in [-0.2, -0.15) is 0 Å². The van der Waals surface area contributed by atoms with Crippen molar-refractivity contribution < 1.29 is 9.53 Å². The van der Waals surface area contributed by atoms with Crippen LogP contribution in [-0.4, -0.2) is 18.1 Å². The minimum Gasteiger partial charge on any atom is -0.490 e. The Balaban J connectivity index is 0.00000200. The number of para-hydroxylation sites is 1. The fourth-order valence-electron chi connectivity index (χ4n) is 2.29. The number of nitrogens with one attached hydrogen (secondary N) is 1. The van der Waals surface area contributed by atoms with Crippen LogP contribution in [0.15, 0.2) is 24.3 Å². The lowest BCUT2D eigenvalue weighted by atomic mass is 10.2. The molecule has 2 rings (SSSR count). The third kappa shape index (κ3) is 4.69. The maximum atomic E-state index is 11.5. The second-order valence-corrected chi connectivity index (χ2v) is 5.14. The molecule has 1 aromatic rings. The van der Waals surface area contributed by atoms with Gasteiger partial charge in [0.25, 0.3) is 0 Å². The molecule has 0 spiro atoms. The molecule has 3 N–H and O–H groups in total. The molecule has 0 aliphatic heterocycles. The Labute approximate surface area is 126 Å². The fourth-order valence-corrected chi connectivity index (χ4v) is 2.29. The standard InChI is InChI=1S/C15H22N2O2.ClH/c1-11(16)15(18)17-10-12-6-2-5-9-14(12)19-13-7-3-4-8-13;/h2,5-6,9,11,13H,3-4,7-8,10,16H2,1H3,(H,17,18);1H/t11-;/m1./s1. The quantitative estimate of drug-likeness (QED) is 0.877. The molecule has 1 fully saturated rings. The van der Waals surface area contributed by atoms with Crippen LogP contribution in [0.5, 0.6) is 5.75 Å². The Morgan fingerprint density at radius 1 is 1.40 bits per heavy atom. The third-order valence-corrected chi connectivity index (χ3v) is 3.44. The van der Waals surface area contributed by atoms with Crippen LogP contribution in [0.3, 0.4) is 0 Å². The van der Waals surface area contributed by atoms with Crippen molar-refractivity contribution in [3.8, 4) is 5.75 Å². The number of amides is 1. The summed E-state index contributed by atoms with van der Waals surface area (Å²) in [5, 5.41) is 2.82. The largest absolute Gasteiger partial charge is 0.490 e. The second-order valence-electron chi connectivity index (χ2n) is 5.14. The average molecular weight is 299 g/mol. The van der Waals surface area contributed by atoms with Crippen LogP contribution in [0, 0.1) is 0 Å². The molecule has 0 aromatic heterocycles. The summed E-state index contributed by atoms with van der Waals surface area (Å²) in [4.78, 5) is 11.5. The first-order valence-electron chi connectivity index (χ1n) is 6.94. The normalized spacial score (nSPS) is 16.3. The topological polar surface area (TPSA) is 64.4 Å². The summed E-state index contributed by atoms with van der Waals surface area (Å²) in [6, 6.07) is 7.37. The van der Waals surface area contributed by atoms with E-state index in [4.69, 9.17) is 10.5 Å². The molecule has 112 valence electrons. The molecular formula is C15H23ClN2O2. The van der Waals surface area contributed by atoms with Gasteiger partial charge in [-0.3, -0.25) is 4.79 Å². The maximum Gasteiger partial charge on any atom is 0.236 e. The van der Waals surface area contributed by atoms with E-state index in [0.29, 0.717) is 12.6 Å². The van der Waals surface area contributed by atoms with Crippen LogP contribution in [-0.2, 0) is 11.3 Å². The Bertz CT molecular complexity index is 432. The lowest BCUT2D eigenvalue weighted by molar-refractivity contribution is -0.122. The van der Waals surface area contributed by atoms with Crippen molar-refractivity contribution in [1.29, 1.82) is 0 Å². The predicted molar refractivity (Wildman–Crippen MR) is 82.1 cm³/mol. The van der Waals surface area contributed by atoms with Crippen molar-refractivity contribution in [2.75, 3.05) is 0 Å². The van der Waals surface area contributed by atoms with Crippen LogP contribution in [0.2, 0.25) is 0 Å². The number of nitrogens with two attached hydrogens (primary N) is 1. The molecule has 0 bridgehead atoms. The monoisotopic (exact) mass is 298 g/mol. The lowest BCUT2D eigenvalue weighted by Crippen LogP contribution is -2.37. The molecule has 1 amide bonds. The van der Waals surface area contributed by atoms with Gasteiger partial charge in [-0.25, -0.2) is 0 Å². The number of benzene rings is 1. The first-order chi connectivity index (χ1) is 9.16. The van der Waals surface area contributed by atoms with Gasteiger partial charge < -0.3 is 15.8 Å². The van der Waals surface area contributed by atoms with Crippen LogP contribution in [0.4, 0.5) is 0 Å². The van der Waals surface area contributed by atoms with E-state index in [1.807, 2.05) is 24.3 Å². The number of rotatable bonds is 5. The molecule has 0 saturated heterocycles. The number of carbonyl (C=O) groups excluding carboxylic acids is 1. The molecule has 0 unspecified atom stereocenters. The third-order valence-electron chi connectivity index (χ3n) is 3.44. The van der Waals surface area contributed by atoms with E-state index >= 15 is 0 Å². The highest BCUT2D eigenvalue weighted by Crippen LogP contribution is 2.26. The van der Waals surface area contributed by atoms with E-state index in [1.54, 1.807) is 6.92 Å². The highest BCUT2D eigenvalue weighted by molar-refractivity contribution is 5.85. The molecule has 0 radical (unpaired) electrons. The summed E-state index contributed by atoms with van der Waals surface area (Å²) < 4.78 is 6.02. The number of carbonyl (C=O) groups is 1. The maximum absolute atomic E-state index is 11.5. The molecular weight excluding hydrogens is 276 g/mol. The van der Waals surface area contributed by atoms with Gasteiger partial charge in [-0.1, -0.05) is 18.2 Å². The molecule has 1 atom stereocenters. The summed E-state index contributed by atoms with van der Waals surface area (Å²) >= 11 is 0. The second kappa shape index (κ2) is 8.12. The van der Waals surface area contributed by atoms with Gasteiger partial charge in [0.05, 0.1) is 12.1 Å². The van der Waals surface area contributed by atoms with Gasteiger partial charge in [0.1, 0.15) is 5.75 Å². The molecule has 1 saturated carbocycles. The molecule has 1 aliphatic rings. The highest BCUT2D eigenvalue weighted by atomic mass is 35.5. The van der Waals surface area contributed by atoms with Crippen molar-refractivity contribution in [2.24, 2.45) is 5.73 Å². The molecule has 5 heteroatoms. The first kappa shape index (κ1) is 16.8. The Morgan fingerprint density at radius 2 is 2.05 bits per heavy atom. The summed E-state index contributed by atoms with van der Waals surface area (Å²) in [5.41, 5.74) is 6.53. The minimum atomic E-state index is -0.483. The van der Waals surface area contributed by atoms with Crippen LogP contribution in [0.1, 0.15) is 38.2 Å². The van der Waals surface area contributed by atoms with Gasteiger partial charge in [-0.05, 0) is 38.7 Å². The summed E-state index contributed by atoms with van der Waals surface area (Å²) in [5.74, 6) is 0.732. The Hall–Kier alpha value is -1.26. The van der Waals surface area contributed by atoms with Crippen LogP contribution >= 0.6 is 12.4 Å². The smallest absolute Gasteiger partial charge is 0.236 e. The van der Waals surface area contributed by atoms with Gasteiger partial charge in [0.2, 0.25) is 5.91 Å². The van der Waals surface area contributed by atoms with Gasteiger partial charge in [0, 0.05) is 12.1 Å². The van der Waals surface area contributed by atoms with E-state index in [-0.39, 0.29) is 18.3 Å². The molecule has 20 heavy (non-hydrogen) atoms. The van der Waals surface area contributed by atoms with Crippen LogP contribution in [0.25, 0.3) is 0 Å². The summed E-state index contributed by atoms with van der Waals surface area (Å²) in [6.45, 7) is 2.14. The molecule has 4 nitrogen and oxygen atoms in total. The first-order valence-corrected chi connectivity index (χ1v) is 6.94. The van der Waals surface area contributed by atoms with E-state index in [9.17, 15) is 4.79 Å². The zero-order chi connectivity index (χ0) is 13.7. The number of hydrogen-bond donors (Lipinski definition) is 2. The molecule has 1 aliphatic carbocycles. The van der Waals surface area contributed by atoms with E-state index < -0.39 is 6.04 Å². The summed E-state index contributed by atoms with van der Waals surface area (Å²) in [6.07, 6.45) is 5.06. The average Bonchev–Trinajstić information content (AvgIpc) is 2.90. The van der Waals surface area contributed by atoms with Crippen LogP contribution < -0.4 is 15.8 Å². The predicted octanol–water partition coefficient (Wildman–Crippen LogP) is 2.39. The molecule has 1 aromatic carbocycles. The minimum absolute atomic E-state index is 0. The zero-order valence-corrected chi connectivity index (χ0v) is 12.6. The lowest BCUT2D eigenvalue weighted by Gasteiger charge is -2.17. The van der Waals surface area contributed by atoms with Gasteiger partial charge in [-0.15, -0.1) is 12.4 Å². The Kier molecular flexibility index (Phi) is 6.82. The van der Waals surface area contributed by atoms with E-state index in [0.717, 1.165) is 24.2 Å². The van der Waals surface area contributed by atoms with E-state index in [2.05, 4.69) is 5.32 Å². The van der Waals surface area contributed by atoms with Crippen molar-refractivity contribution in [3.05, 3.63) is 29.8 Å². The van der Waals surface area contributed by atoms with Crippen molar-refractivity contribution in [1.82, 2.24) is 5.32 Å². The van der Waals surface area contributed by atoms with Crippen molar-refractivity contribution >= 4 is 18.3 Å². The number of halogens is 1. The highest BCUT2D eigenvalue weighted by Gasteiger charge is 2.18. The van der Waals surface area contributed by atoms with E-state index in [1.165, 1.54) is 12.8 Å². The summed E-state index contributed by atoms with van der Waals surface area (Å²) in [7, 11) is 0. The van der Waals surface area contributed by atoms with Gasteiger partial charge in [0.15, 0.2) is 0 Å². The number of hydrogen-bond acceptors (Lipinski definition) is 3. The number of ether oxygens (including phenoxy) is 1. The Morgan fingerprint density at radius 3 is 2.70 bits per heavy atom. The van der Waals surface area contributed by atoms with Crippen molar-refractivity contribution in [3.63, 3.8) is 0 Å². The van der Waals surface area contributed by atoms with Crippen molar-refractivity contribution in [2.45, 2.75) is 51.3 Å². The van der Waals surface area contributed by atoms with Gasteiger partial charge >= 0.3 is 0 Å².